The second kappa shape index (κ2) is 4.57. The van der Waals surface area contributed by atoms with Crippen LogP contribution in [0.1, 0.15) is 0 Å². The van der Waals surface area contributed by atoms with Crippen molar-refractivity contribution in [2.45, 2.75) is 0 Å². The zero-order valence-electron chi connectivity index (χ0n) is 9.19. The summed E-state index contributed by atoms with van der Waals surface area (Å²) in [6.45, 7) is 3.46. The summed E-state index contributed by atoms with van der Waals surface area (Å²) in [5.74, 6) is -0.373. The molecule has 1 aromatic carbocycles. The van der Waals surface area contributed by atoms with Crippen molar-refractivity contribution in [1.82, 2.24) is 4.90 Å². The van der Waals surface area contributed by atoms with Gasteiger partial charge in [-0.25, -0.2) is 4.39 Å². The Labute approximate surface area is 93.6 Å². The van der Waals surface area contributed by atoms with Crippen LogP contribution < -0.4 is 4.90 Å². The molecule has 1 saturated heterocycles. The Morgan fingerprint density at radius 3 is 2.50 bits per heavy atom. The largest absolute Gasteiger partial charge is 0.367 e. The normalized spacial score (nSPS) is 17.5. The summed E-state index contributed by atoms with van der Waals surface area (Å²) in [5, 5.41) is 2.71. The second-order valence-electron chi connectivity index (χ2n) is 4.02. The van der Waals surface area contributed by atoms with Crippen LogP contribution in [0.5, 0.6) is 0 Å². The van der Waals surface area contributed by atoms with Gasteiger partial charge in [0.2, 0.25) is 0 Å². The van der Waals surface area contributed by atoms with Crippen LogP contribution in [0, 0.1) is 10.7 Å². The molecule has 0 aromatic heterocycles. The molecule has 0 N–H and O–H groups in total. The summed E-state index contributed by atoms with van der Waals surface area (Å²) in [5.41, 5.74) is 0.691. The molecule has 0 radical (unpaired) electrons. The summed E-state index contributed by atoms with van der Waals surface area (Å²) in [6.07, 6.45) is 0. The molecule has 0 saturated carbocycles. The second-order valence-corrected chi connectivity index (χ2v) is 4.02. The van der Waals surface area contributed by atoms with Crippen molar-refractivity contribution in [2.75, 3.05) is 38.1 Å². The molecule has 0 spiro atoms. The van der Waals surface area contributed by atoms with Crippen molar-refractivity contribution in [1.29, 1.82) is 0 Å². The van der Waals surface area contributed by atoms with Gasteiger partial charge in [0.15, 0.2) is 0 Å². The van der Waals surface area contributed by atoms with Crippen LogP contribution >= 0.6 is 0 Å². The lowest BCUT2D eigenvalue weighted by atomic mass is 10.2. The van der Waals surface area contributed by atoms with Crippen LogP contribution in [0.2, 0.25) is 0 Å². The summed E-state index contributed by atoms with van der Waals surface area (Å²) >= 11 is 0. The van der Waals surface area contributed by atoms with Crippen LogP contribution in [-0.4, -0.2) is 38.1 Å². The van der Waals surface area contributed by atoms with Gasteiger partial charge in [-0.15, -0.1) is 4.91 Å². The highest BCUT2D eigenvalue weighted by molar-refractivity contribution is 5.54. The predicted molar refractivity (Wildman–Crippen MR) is 61.6 cm³/mol. The molecule has 1 heterocycles. The summed E-state index contributed by atoms with van der Waals surface area (Å²) in [7, 11) is 2.05. The number of likely N-dealkylation sites (N-methyl/N-ethyl adjacent to an activating group) is 1. The average Bonchev–Trinajstić information content (AvgIpc) is 2.30. The highest BCUT2D eigenvalue weighted by atomic mass is 19.1. The lowest BCUT2D eigenvalue weighted by molar-refractivity contribution is 0.311. The van der Waals surface area contributed by atoms with E-state index in [1.165, 1.54) is 6.07 Å². The fourth-order valence-corrected chi connectivity index (χ4v) is 1.86. The number of halogens is 1. The molecule has 0 aliphatic carbocycles. The van der Waals surface area contributed by atoms with Gasteiger partial charge in [0.1, 0.15) is 11.5 Å². The van der Waals surface area contributed by atoms with Gasteiger partial charge < -0.3 is 9.80 Å². The van der Waals surface area contributed by atoms with Crippen molar-refractivity contribution >= 4 is 11.4 Å². The number of nitrogens with zero attached hydrogens (tertiary/aromatic N) is 3. The number of nitroso groups, excluding NO2 is 1. The first kappa shape index (κ1) is 11.0. The summed E-state index contributed by atoms with van der Waals surface area (Å²) in [6, 6.07) is 4.35. The van der Waals surface area contributed by atoms with Crippen molar-refractivity contribution in [3.8, 4) is 0 Å². The Morgan fingerprint density at radius 1 is 1.25 bits per heavy atom. The first-order valence-corrected chi connectivity index (χ1v) is 5.27. The Hall–Kier alpha value is -1.49. The molecule has 0 unspecified atom stereocenters. The molecule has 5 heteroatoms. The van der Waals surface area contributed by atoms with Gasteiger partial charge in [0.25, 0.3) is 0 Å². The maximum absolute atomic E-state index is 13.7. The molecule has 1 fully saturated rings. The van der Waals surface area contributed by atoms with E-state index in [9.17, 15) is 9.30 Å². The Bertz CT molecular complexity index is 389. The first-order chi connectivity index (χ1) is 7.70. The molecule has 86 valence electrons. The number of anilines is 1. The zero-order valence-corrected chi connectivity index (χ0v) is 9.19. The SMILES string of the molecule is CN1CCN(c2ccc(N=O)cc2F)CC1. The Kier molecular flexibility index (Phi) is 3.14. The van der Waals surface area contributed by atoms with E-state index in [1.807, 2.05) is 11.9 Å². The van der Waals surface area contributed by atoms with Gasteiger partial charge >= 0.3 is 0 Å². The van der Waals surface area contributed by atoms with E-state index in [4.69, 9.17) is 0 Å². The van der Waals surface area contributed by atoms with Crippen molar-refractivity contribution in [3.05, 3.63) is 28.9 Å². The van der Waals surface area contributed by atoms with Crippen molar-refractivity contribution in [2.24, 2.45) is 5.18 Å². The highest BCUT2D eigenvalue weighted by Crippen LogP contribution is 2.24. The third-order valence-corrected chi connectivity index (χ3v) is 2.88. The Morgan fingerprint density at radius 2 is 1.94 bits per heavy atom. The number of hydrogen-bond acceptors (Lipinski definition) is 4. The van der Waals surface area contributed by atoms with Gasteiger partial charge in [-0.1, -0.05) is 0 Å². The molecular formula is C11H14FN3O. The molecule has 1 aliphatic heterocycles. The maximum atomic E-state index is 13.7. The molecule has 0 amide bonds. The quantitative estimate of drug-likeness (QED) is 0.719. The van der Waals surface area contributed by atoms with Crippen LogP contribution in [0.25, 0.3) is 0 Å². The molecule has 0 atom stereocenters. The molecular weight excluding hydrogens is 209 g/mol. The van der Waals surface area contributed by atoms with E-state index >= 15 is 0 Å². The van der Waals surface area contributed by atoms with Crippen LogP contribution in [0.15, 0.2) is 23.4 Å². The number of rotatable bonds is 2. The van der Waals surface area contributed by atoms with Crippen LogP contribution in [0.4, 0.5) is 15.8 Å². The fraction of sp³-hybridized carbons (Fsp3) is 0.455. The monoisotopic (exact) mass is 223 g/mol. The highest BCUT2D eigenvalue weighted by Gasteiger charge is 2.17. The van der Waals surface area contributed by atoms with Gasteiger partial charge in [-0.2, -0.15) is 0 Å². The van der Waals surface area contributed by atoms with Crippen molar-refractivity contribution in [3.63, 3.8) is 0 Å². The maximum Gasteiger partial charge on any atom is 0.148 e. The topological polar surface area (TPSA) is 35.9 Å². The number of hydrogen-bond donors (Lipinski definition) is 0. The number of piperazine rings is 1. The van der Waals surface area contributed by atoms with E-state index in [2.05, 4.69) is 10.1 Å². The molecule has 16 heavy (non-hydrogen) atoms. The third-order valence-electron chi connectivity index (χ3n) is 2.88. The minimum absolute atomic E-state index is 0.135. The number of benzene rings is 1. The fourth-order valence-electron chi connectivity index (χ4n) is 1.86. The zero-order chi connectivity index (χ0) is 11.5. The lowest BCUT2D eigenvalue weighted by Crippen LogP contribution is -2.44. The van der Waals surface area contributed by atoms with Gasteiger partial charge in [0.05, 0.1) is 5.69 Å². The van der Waals surface area contributed by atoms with Gasteiger partial charge in [0, 0.05) is 32.2 Å². The summed E-state index contributed by atoms with van der Waals surface area (Å²) < 4.78 is 13.7. The van der Waals surface area contributed by atoms with Gasteiger partial charge in [-0.05, 0) is 24.4 Å². The summed E-state index contributed by atoms with van der Waals surface area (Å²) in [4.78, 5) is 14.4. The molecule has 0 bridgehead atoms. The predicted octanol–water partition coefficient (Wildman–Crippen LogP) is 1.98. The van der Waals surface area contributed by atoms with E-state index in [0.29, 0.717) is 5.69 Å². The smallest absolute Gasteiger partial charge is 0.148 e. The van der Waals surface area contributed by atoms with Crippen LogP contribution in [-0.2, 0) is 0 Å². The molecule has 4 nitrogen and oxygen atoms in total. The van der Waals surface area contributed by atoms with Crippen molar-refractivity contribution < 1.29 is 4.39 Å². The first-order valence-electron chi connectivity index (χ1n) is 5.27. The van der Waals surface area contributed by atoms with E-state index in [-0.39, 0.29) is 11.5 Å². The molecule has 1 aromatic rings. The van der Waals surface area contributed by atoms with E-state index in [0.717, 1.165) is 26.2 Å². The molecule has 1 aliphatic rings. The van der Waals surface area contributed by atoms with Gasteiger partial charge in [-0.3, -0.25) is 0 Å². The Balaban J connectivity index is 2.17. The van der Waals surface area contributed by atoms with E-state index in [1.54, 1.807) is 12.1 Å². The average molecular weight is 223 g/mol. The van der Waals surface area contributed by atoms with Crippen LogP contribution in [0.3, 0.4) is 0 Å². The minimum Gasteiger partial charge on any atom is -0.367 e. The van der Waals surface area contributed by atoms with E-state index < -0.39 is 0 Å². The minimum atomic E-state index is -0.373. The molecule has 2 rings (SSSR count). The third kappa shape index (κ3) is 2.19. The lowest BCUT2D eigenvalue weighted by Gasteiger charge is -2.34. The standard InChI is InChI=1S/C11H14FN3O/c1-14-4-6-15(7-5-14)11-3-2-9(13-16)8-10(11)12/h2-3,8H,4-7H2,1H3.